The van der Waals surface area contributed by atoms with Gasteiger partial charge < -0.3 is 16.0 Å². The number of rotatable bonds is 7. The van der Waals surface area contributed by atoms with Crippen LogP contribution in [0.25, 0.3) is 0 Å². The monoisotopic (exact) mass is 285 g/mol. The summed E-state index contributed by atoms with van der Waals surface area (Å²) in [5, 5.41) is 3.32. The summed E-state index contributed by atoms with van der Waals surface area (Å²) in [6.07, 6.45) is 2.54. The average Bonchev–Trinajstić information content (AvgIpc) is 2.49. The number of aromatic nitrogens is 2. The summed E-state index contributed by atoms with van der Waals surface area (Å²) in [6.45, 7) is 4.80. The third kappa shape index (κ3) is 4.72. The zero-order valence-corrected chi connectivity index (χ0v) is 12.7. The topological polar surface area (TPSA) is 67.1 Å². The van der Waals surface area contributed by atoms with Crippen molar-refractivity contribution in [2.75, 3.05) is 31.2 Å². The van der Waals surface area contributed by atoms with E-state index in [4.69, 9.17) is 5.73 Å². The van der Waals surface area contributed by atoms with Crippen molar-refractivity contribution in [1.82, 2.24) is 14.9 Å². The number of nitrogens with zero attached hydrogens (tertiary/aromatic N) is 3. The first kappa shape index (κ1) is 15.3. The molecule has 1 heterocycles. The Morgan fingerprint density at radius 1 is 1.19 bits per heavy atom. The fourth-order valence-electron chi connectivity index (χ4n) is 2.17. The van der Waals surface area contributed by atoms with E-state index in [1.807, 2.05) is 13.0 Å². The van der Waals surface area contributed by atoms with Crippen LogP contribution in [-0.4, -0.2) is 35.0 Å². The molecule has 0 aliphatic heterocycles. The standard InChI is InChI=1S/C16H23N5/c1-13-15(17)19-12-20-16(13)18-9-6-10-21(2)11-14-7-4-3-5-8-14/h3-5,7-8,12H,6,9-11H2,1-2H3,(H3,17,18,19,20). The Hall–Kier alpha value is -2.14. The highest BCUT2D eigenvalue weighted by molar-refractivity contribution is 5.53. The Balaban J connectivity index is 1.71. The molecule has 0 radical (unpaired) electrons. The third-order valence-electron chi connectivity index (χ3n) is 3.43. The molecule has 0 aliphatic carbocycles. The van der Waals surface area contributed by atoms with Crippen LogP contribution in [-0.2, 0) is 6.54 Å². The molecule has 0 amide bonds. The minimum Gasteiger partial charge on any atom is -0.383 e. The van der Waals surface area contributed by atoms with E-state index in [1.165, 1.54) is 11.9 Å². The molecule has 21 heavy (non-hydrogen) atoms. The van der Waals surface area contributed by atoms with Gasteiger partial charge in [0.05, 0.1) is 0 Å². The first-order chi connectivity index (χ1) is 10.2. The maximum Gasteiger partial charge on any atom is 0.134 e. The molecule has 0 fully saturated rings. The number of benzene rings is 1. The summed E-state index contributed by atoms with van der Waals surface area (Å²) in [5.74, 6) is 1.36. The number of nitrogen functional groups attached to an aromatic ring is 1. The molecule has 5 nitrogen and oxygen atoms in total. The van der Waals surface area contributed by atoms with Gasteiger partial charge >= 0.3 is 0 Å². The van der Waals surface area contributed by atoms with Crippen molar-refractivity contribution < 1.29 is 0 Å². The van der Waals surface area contributed by atoms with E-state index in [0.29, 0.717) is 5.82 Å². The summed E-state index contributed by atoms with van der Waals surface area (Å²) in [5.41, 5.74) is 8.01. The molecule has 0 bridgehead atoms. The Morgan fingerprint density at radius 2 is 1.95 bits per heavy atom. The van der Waals surface area contributed by atoms with Crippen molar-refractivity contribution in [3.8, 4) is 0 Å². The smallest absolute Gasteiger partial charge is 0.134 e. The molecule has 1 aromatic carbocycles. The molecule has 0 spiro atoms. The van der Waals surface area contributed by atoms with Crippen LogP contribution in [0, 0.1) is 6.92 Å². The lowest BCUT2D eigenvalue weighted by molar-refractivity contribution is 0.325. The van der Waals surface area contributed by atoms with Crippen molar-refractivity contribution in [3.05, 3.63) is 47.8 Å². The van der Waals surface area contributed by atoms with Gasteiger partial charge in [-0.25, -0.2) is 9.97 Å². The third-order valence-corrected chi connectivity index (χ3v) is 3.43. The van der Waals surface area contributed by atoms with Gasteiger partial charge in [0.25, 0.3) is 0 Å². The van der Waals surface area contributed by atoms with E-state index in [-0.39, 0.29) is 0 Å². The Kier molecular flexibility index (Phi) is 5.51. The molecule has 0 aliphatic rings. The van der Waals surface area contributed by atoms with E-state index in [9.17, 15) is 0 Å². The molecule has 3 N–H and O–H groups in total. The van der Waals surface area contributed by atoms with E-state index in [2.05, 4.69) is 51.5 Å². The minimum atomic E-state index is 0.536. The van der Waals surface area contributed by atoms with Crippen LogP contribution in [0.1, 0.15) is 17.5 Å². The van der Waals surface area contributed by atoms with Gasteiger partial charge in [-0.15, -0.1) is 0 Å². The molecule has 1 aromatic heterocycles. The highest BCUT2D eigenvalue weighted by Crippen LogP contribution is 2.14. The number of nitrogens with two attached hydrogens (primary N) is 1. The molecule has 0 unspecified atom stereocenters. The van der Waals surface area contributed by atoms with Gasteiger partial charge in [0.15, 0.2) is 0 Å². The van der Waals surface area contributed by atoms with Crippen LogP contribution in [0.15, 0.2) is 36.7 Å². The molecular formula is C16H23N5. The highest BCUT2D eigenvalue weighted by atomic mass is 15.1. The first-order valence-electron chi connectivity index (χ1n) is 7.20. The molecule has 0 saturated heterocycles. The quantitative estimate of drug-likeness (QED) is 0.764. The number of hydrogen-bond donors (Lipinski definition) is 2. The van der Waals surface area contributed by atoms with E-state index < -0.39 is 0 Å². The lowest BCUT2D eigenvalue weighted by atomic mass is 10.2. The SMILES string of the molecule is Cc1c(N)ncnc1NCCCN(C)Cc1ccccc1. The average molecular weight is 285 g/mol. The normalized spacial score (nSPS) is 10.8. The van der Waals surface area contributed by atoms with Gasteiger partial charge in [0.1, 0.15) is 18.0 Å². The Labute approximate surface area is 126 Å². The van der Waals surface area contributed by atoms with Gasteiger partial charge in [-0.05, 0) is 32.5 Å². The molecule has 2 aromatic rings. The van der Waals surface area contributed by atoms with Crippen molar-refractivity contribution >= 4 is 11.6 Å². The number of anilines is 2. The second-order valence-electron chi connectivity index (χ2n) is 5.24. The molecular weight excluding hydrogens is 262 g/mol. The van der Waals surface area contributed by atoms with Gasteiger partial charge in [-0.3, -0.25) is 0 Å². The van der Waals surface area contributed by atoms with Crippen molar-refractivity contribution in [1.29, 1.82) is 0 Å². The van der Waals surface area contributed by atoms with Gasteiger partial charge in [0, 0.05) is 18.7 Å². The predicted molar refractivity (Wildman–Crippen MR) is 87.1 cm³/mol. The first-order valence-corrected chi connectivity index (χ1v) is 7.20. The van der Waals surface area contributed by atoms with Crippen LogP contribution in [0.3, 0.4) is 0 Å². The summed E-state index contributed by atoms with van der Waals surface area (Å²) >= 11 is 0. The van der Waals surface area contributed by atoms with E-state index in [0.717, 1.165) is 37.4 Å². The molecule has 112 valence electrons. The van der Waals surface area contributed by atoms with Crippen LogP contribution in [0.5, 0.6) is 0 Å². The van der Waals surface area contributed by atoms with Gasteiger partial charge in [0.2, 0.25) is 0 Å². The van der Waals surface area contributed by atoms with Crippen molar-refractivity contribution in [2.45, 2.75) is 19.9 Å². The molecule has 0 saturated carbocycles. The van der Waals surface area contributed by atoms with Gasteiger partial charge in [-0.1, -0.05) is 30.3 Å². The highest BCUT2D eigenvalue weighted by Gasteiger charge is 2.04. The maximum atomic E-state index is 5.76. The summed E-state index contributed by atoms with van der Waals surface area (Å²) < 4.78 is 0. The maximum absolute atomic E-state index is 5.76. The lowest BCUT2D eigenvalue weighted by Gasteiger charge is -2.17. The lowest BCUT2D eigenvalue weighted by Crippen LogP contribution is -2.21. The van der Waals surface area contributed by atoms with Crippen LogP contribution in [0.2, 0.25) is 0 Å². The zero-order valence-electron chi connectivity index (χ0n) is 12.7. The second kappa shape index (κ2) is 7.59. The molecule has 0 atom stereocenters. The van der Waals surface area contributed by atoms with Crippen molar-refractivity contribution in [3.63, 3.8) is 0 Å². The van der Waals surface area contributed by atoms with E-state index >= 15 is 0 Å². The van der Waals surface area contributed by atoms with Crippen LogP contribution >= 0.6 is 0 Å². The summed E-state index contributed by atoms with van der Waals surface area (Å²) in [7, 11) is 2.14. The van der Waals surface area contributed by atoms with Crippen molar-refractivity contribution in [2.24, 2.45) is 0 Å². The predicted octanol–water partition coefficient (Wildman–Crippen LogP) is 2.30. The summed E-state index contributed by atoms with van der Waals surface area (Å²) in [4.78, 5) is 10.5. The Bertz CT molecular complexity index is 556. The van der Waals surface area contributed by atoms with Crippen LogP contribution < -0.4 is 11.1 Å². The minimum absolute atomic E-state index is 0.536. The fraction of sp³-hybridized carbons (Fsp3) is 0.375. The molecule has 5 heteroatoms. The summed E-state index contributed by atoms with van der Waals surface area (Å²) in [6, 6.07) is 10.5. The fourth-order valence-corrected chi connectivity index (χ4v) is 2.17. The number of hydrogen-bond acceptors (Lipinski definition) is 5. The number of nitrogens with one attached hydrogen (secondary N) is 1. The van der Waals surface area contributed by atoms with Gasteiger partial charge in [-0.2, -0.15) is 0 Å². The second-order valence-corrected chi connectivity index (χ2v) is 5.24. The molecule has 2 rings (SSSR count). The Morgan fingerprint density at radius 3 is 2.71 bits per heavy atom. The largest absolute Gasteiger partial charge is 0.383 e. The van der Waals surface area contributed by atoms with Crippen LogP contribution in [0.4, 0.5) is 11.6 Å². The van der Waals surface area contributed by atoms with E-state index in [1.54, 1.807) is 0 Å². The zero-order chi connectivity index (χ0) is 15.1.